The lowest BCUT2D eigenvalue weighted by molar-refractivity contribution is -0.143. The van der Waals surface area contributed by atoms with Crippen molar-refractivity contribution in [3.8, 4) is 0 Å². The number of nitrogens with one attached hydrogen (secondary N) is 3. The molecule has 0 spiro atoms. The first-order chi connectivity index (χ1) is 18.1. The predicted molar refractivity (Wildman–Crippen MR) is 144 cm³/mol. The lowest BCUT2D eigenvalue weighted by atomic mass is 9.94. The molecule has 4 amide bonds. The quantitative estimate of drug-likeness (QED) is 0.388. The van der Waals surface area contributed by atoms with E-state index in [9.17, 15) is 19.2 Å². The third-order valence-electron chi connectivity index (χ3n) is 5.74. The molecule has 1 atom stereocenters. The molecular formula is C28H34N4O6. The van der Waals surface area contributed by atoms with Crippen molar-refractivity contribution in [3.63, 3.8) is 0 Å². The number of nitrogens with zero attached hydrogens (tertiary/aromatic N) is 1. The van der Waals surface area contributed by atoms with Gasteiger partial charge in [0.25, 0.3) is 0 Å². The molecule has 202 valence electrons. The summed E-state index contributed by atoms with van der Waals surface area (Å²) < 4.78 is 10.4. The molecule has 10 heteroatoms. The predicted octanol–water partition coefficient (Wildman–Crippen LogP) is 5.21. The van der Waals surface area contributed by atoms with Crippen LogP contribution in [0.5, 0.6) is 0 Å². The standard InChI is InChI=1S/C28H34N4O6/c1-6-15-32-18(5)23(26(34)38-17(3)4)24(31-28(32)36)20-9-8-10-22(16-20)30-27(35)29-21-13-11-19(12-14-21)25(33)37-7-2/h8-14,16-17,24H,6-7,15H2,1-5H3,(H,31,36)(H2,29,30,35). The molecule has 1 heterocycles. The van der Waals surface area contributed by atoms with Crippen molar-refractivity contribution in [2.75, 3.05) is 23.8 Å². The van der Waals surface area contributed by atoms with E-state index in [1.54, 1.807) is 76.2 Å². The number of anilines is 2. The highest BCUT2D eigenvalue weighted by Gasteiger charge is 2.36. The van der Waals surface area contributed by atoms with Crippen LogP contribution in [0, 0.1) is 0 Å². The largest absolute Gasteiger partial charge is 0.462 e. The van der Waals surface area contributed by atoms with Gasteiger partial charge in [0, 0.05) is 23.6 Å². The number of rotatable bonds is 9. The van der Waals surface area contributed by atoms with E-state index < -0.39 is 24.0 Å². The Bertz CT molecular complexity index is 1220. The Morgan fingerprint density at radius 3 is 2.32 bits per heavy atom. The van der Waals surface area contributed by atoms with Gasteiger partial charge in [-0.05, 0) is 76.1 Å². The summed E-state index contributed by atoms with van der Waals surface area (Å²) in [6, 6.07) is 11.7. The van der Waals surface area contributed by atoms with Gasteiger partial charge in [0.2, 0.25) is 0 Å². The zero-order valence-corrected chi connectivity index (χ0v) is 22.3. The van der Waals surface area contributed by atoms with Crippen LogP contribution < -0.4 is 16.0 Å². The molecule has 2 aromatic rings. The van der Waals surface area contributed by atoms with Crippen LogP contribution >= 0.6 is 0 Å². The molecule has 3 rings (SSSR count). The second-order valence-corrected chi connectivity index (χ2v) is 8.99. The maximum atomic E-state index is 13.1. The topological polar surface area (TPSA) is 126 Å². The van der Waals surface area contributed by atoms with Crippen LogP contribution in [0.4, 0.5) is 21.0 Å². The number of ether oxygens (including phenoxy) is 2. The molecule has 0 fully saturated rings. The van der Waals surface area contributed by atoms with Crippen molar-refractivity contribution in [3.05, 3.63) is 70.9 Å². The van der Waals surface area contributed by atoms with Crippen LogP contribution in [0.2, 0.25) is 0 Å². The van der Waals surface area contributed by atoms with Gasteiger partial charge in [-0.1, -0.05) is 19.1 Å². The van der Waals surface area contributed by atoms with Crippen molar-refractivity contribution in [2.45, 2.75) is 53.2 Å². The summed E-state index contributed by atoms with van der Waals surface area (Å²) in [5.41, 5.74) is 2.82. The van der Waals surface area contributed by atoms with Gasteiger partial charge in [-0.2, -0.15) is 0 Å². The van der Waals surface area contributed by atoms with E-state index in [4.69, 9.17) is 9.47 Å². The Balaban J connectivity index is 1.80. The molecule has 0 saturated carbocycles. The molecule has 10 nitrogen and oxygen atoms in total. The summed E-state index contributed by atoms with van der Waals surface area (Å²) in [6.07, 6.45) is 0.394. The first kappa shape index (κ1) is 28.2. The summed E-state index contributed by atoms with van der Waals surface area (Å²) >= 11 is 0. The number of allylic oxidation sites excluding steroid dienone is 1. The van der Waals surface area contributed by atoms with E-state index in [0.29, 0.717) is 40.3 Å². The lowest BCUT2D eigenvalue weighted by Crippen LogP contribution is -2.48. The van der Waals surface area contributed by atoms with E-state index in [0.717, 1.165) is 6.42 Å². The third kappa shape index (κ3) is 6.90. The number of carbonyl (C=O) groups is 4. The minimum Gasteiger partial charge on any atom is -0.462 e. The maximum absolute atomic E-state index is 13.1. The normalized spacial score (nSPS) is 15.2. The van der Waals surface area contributed by atoms with Gasteiger partial charge in [0.05, 0.1) is 29.9 Å². The summed E-state index contributed by atoms with van der Waals surface area (Å²) in [7, 11) is 0. The fraction of sp³-hybridized carbons (Fsp3) is 0.357. The monoisotopic (exact) mass is 522 g/mol. The van der Waals surface area contributed by atoms with E-state index in [2.05, 4.69) is 16.0 Å². The molecule has 2 aromatic carbocycles. The number of benzene rings is 2. The Morgan fingerprint density at radius 1 is 1.00 bits per heavy atom. The highest BCUT2D eigenvalue weighted by molar-refractivity contribution is 6.00. The molecule has 1 unspecified atom stereocenters. The number of amides is 4. The summed E-state index contributed by atoms with van der Waals surface area (Å²) in [5, 5.41) is 8.37. The molecule has 3 N–H and O–H groups in total. The zero-order chi connectivity index (χ0) is 27.8. The minimum absolute atomic E-state index is 0.275. The Morgan fingerprint density at radius 2 is 1.68 bits per heavy atom. The van der Waals surface area contributed by atoms with Gasteiger partial charge >= 0.3 is 24.0 Å². The second-order valence-electron chi connectivity index (χ2n) is 8.99. The Kier molecular flexibility index (Phi) is 9.48. The number of urea groups is 2. The fourth-order valence-electron chi connectivity index (χ4n) is 4.06. The molecule has 0 radical (unpaired) electrons. The summed E-state index contributed by atoms with van der Waals surface area (Å²) in [6.45, 7) is 9.69. The number of carbonyl (C=O) groups excluding carboxylic acids is 4. The second kappa shape index (κ2) is 12.8. The Labute approximate surface area is 222 Å². The molecule has 0 aliphatic carbocycles. The van der Waals surface area contributed by atoms with E-state index >= 15 is 0 Å². The molecule has 0 saturated heterocycles. The maximum Gasteiger partial charge on any atom is 0.338 e. The average Bonchev–Trinajstić information content (AvgIpc) is 2.86. The van der Waals surface area contributed by atoms with E-state index in [1.165, 1.54) is 4.90 Å². The van der Waals surface area contributed by atoms with Crippen LogP contribution in [-0.2, 0) is 14.3 Å². The molecule has 1 aliphatic rings. The molecule has 0 bridgehead atoms. The Hall–Kier alpha value is -4.34. The molecular weight excluding hydrogens is 488 g/mol. The van der Waals surface area contributed by atoms with Crippen LogP contribution in [0.15, 0.2) is 59.8 Å². The van der Waals surface area contributed by atoms with Crippen LogP contribution in [-0.4, -0.2) is 48.2 Å². The smallest absolute Gasteiger partial charge is 0.338 e. The van der Waals surface area contributed by atoms with Gasteiger partial charge in [-0.25, -0.2) is 19.2 Å². The molecule has 1 aliphatic heterocycles. The van der Waals surface area contributed by atoms with Crippen LogP contribution in [0.1, 0.15) is 63.0 Å². The van der Waals surface area contributed by atoms with Crippen molar-refractivity contribution in [1.29, 1.82) is 0 Å². The number of esters is 2. The lowest BCUT2D eigenvalue weighted by Gasteiger charge is -2.35. The highest BCUT2D eigenvalue weighted by Crippen LogP contribution is 2.32. The van der Waals surface area contributed by atoms with Gasteiger partial charge < -0.3 is 25.4 Å². The first-order valence-corrected chi connectivity index (χ1v) is 12.6. The van der Waals surface area contributed by atoms with Gasteiger partial charge in [-0.3, -0.25) is 4.90 Å². The number of hydrogen-bond donors (Lipinski definition) is 3. The summed E-state index contributed by atoms with van der Waals surface area (Å²) in [5.74, 6) is -0.945. The third-order valence-corrected chi connectivity index (χ3v) is 5.74. The van der Waals surface area contributed by atoms with E-state index in [-0.39, 0.29) is 18.7 Å². The van der Waals surface area contributed by atoms with Gasteiger partial charge in [0.1, 0.15) is 0 Å². The molecule has 0 aromatic heterocycles. The van der Waals surface area contributed by atoms with Gasteiger partial charge in [-0.15, -0.1) is 0 Å². The number of hydrogen-bond acceptors (Lipinski definition) is 6. The van der Waals surface area contributed by atoms with Crippen molar-refractivity contribution in [1.82, 2.24) is 10.2 Å². The minimum atomic E-state index is -0.748. The fourth-order valence-corrected chi connectivity index (χ4v) is 4.06. The van der Waals surface area contributed by atoms with Crippen molar-refractivity contribution >= 4 is 35.4 Å². The summed E-state index contributed by atoms with van der Waals surface area (Å²) in [4.78, 5) is 51.9. The SMILES string of the molecule is CCCN1C(=O)NC(c2cccc(NC(=O)Nc3ccc(C(=O)OCC)cc3)c2)C(C(=O)OC(C)C)=C1C. The van der Waals surface area contributed by atoms with Crippen molar-refractivity contribution < 1.29 is 28.7 Å². The highest BCUT2D eigenvalue weighted by atomic mass is 16.5. The van der Waals surface area contributed by atoms with Crippen molar-refractivity contribution in [2.24, 2.45) is 0 Å². The first-order valence-electron chi connectivity index (χ1n) is 12.6. The van der Waals surface area contributed by atoms with Gasteiger partial charge in [0.15, 0.2) is 0 Å². The zero-order valence-electron chi connectivity index (χ0n) is 22.3. The van der Waals surface area contributed by atoms with Crippen LogP contribution in [0.25, 0.3) is 0 Å². The average molecular weight is 523 g/mol. The van der Waals surface area contributed by atoms with Crippen LogP contribution in [0.3, 0.4) is 0 Å². The van der Waals surface area contributed by atoms with E-state index in [1.807, 2.05) is 6.92 Å². The molecule has 38 heavy (non-hydrogen) atoms.